The quantitative estimate of drug-likeness (QED) is 0.454. The molecule has 0 aromatic rings. The highest BCUT2D eigenvalue weighted by Crippen LogP contribution is 2.31. The lowest BCUT2D eigenvalue weighted by Gasteiger charge is -2.32. The highest BCUT2D eigenvalue weighted by Gasteiger charge is 2.42. The summed E-state index contributed by atoms with van der Waals surface area (Å²) in [6.07, 6.45) is -2.72. The van der Waals surface area contributed by atoms with E-state index in [1.165, 1.54) is 0 Å². The number of aliphatic hydroxyl groups is 2. The van der Waals surface area contributed by atoms with Gasteiger partial charge in [-0.1, -0.05) is 0 Å². The lowest BCUT2D eigenvalue weighted by molar-refractivity contribution is -0.162. The molecular formula is C8H12O6. The Morgan fingerprint density at radius 2 is 1.14 bits per heavy atom. The van der Waals surface area contributed by atoms with Gasteiger partial charge in [-0.05, 0) is 12.8 Å². The minimum absolute atomic E-state index is 0.215. The molecule has 0 aromatic carbocycles. The molecule has 0 heterocycles. The molecule has 0 saturated heterocycles. The van der Waals surface area contributed by atoms with E-state index in [2.05, 4.69) is 0 Å². The van der Waals surface area contributed by atoms with Crippen molar-refractivity contribution in [1.29, 1.82) is 0 Å². The van der Waals surface area contributed by atoms with Crippen LogP contribution in [-0.2, 0) is 9.59 Å². The van der Waals surface area contributed by atoms with Crippen molar-refractivity contribution in [1.82, 2.24) is 0 Å². The zero-order valence-electron chi connectivity index (χ0n) is 7.33. The van der Waals surface area contributed by atoms with E-state index in [1.807, 2.05) is 0 Å². The highest BCUT2D eigenvalue weighted by atomic mass is 16.4. The van der Waals surface area contributed by atoms with Crippen molar-refractivity contribution in [2.45, 2.75) is 25.0 Å². The fourth-order valence-electron chi connectivity index (χ4n) is 1.71. The van der Waals surface area contributed by atoms with E-state index in [4.69, 9.17) is 10.2 Å². The molecule has 0 radical (unpaired) electrons. The number of aliphatic carboxylic acids is 2. The molecular weight excluding hydrogens is 192 g/mol. The van der Waals surface area contributed by atoms with Gasteiger partial charge in [0.2, 0.25) is 0 Å². The summed E-state index contributed by atoms with van der Waals surface area (Å²) in [4.78, 5) is 21.3. The summed E-state index contributed by atoms with van der Waals surface area (Å²) in [5.41, 5.74) is 0. The molecule has 80 valence electrons. The van der Waals surface area contributed by atoms with E-state index in [0.29, 0.717) is 0 Å². The smallest absolute Gasteiger partial charge is 0.307 e. The molecule has 2 unspecified atom stereocenters. The Labute approximate surface area is 79.8 Å². The third kappa shape index (κ3) is 2.02. The summed E-state index contributed by atoms with van der Waals surface area (Å²) in [6, 6.07) is 0. The Balaban J connectivity index is 2.80. The van der Waals surface area contributed by atoms with Crippen LogP contribution < -0.4 is 0 Å². The maximum atomic E-state index is 10.7. The van der Waals surface area contributed by atoms with Crippen molar-refractivity contribution >= 4 is 11.9 Å². The second kappa shape index (κ2) is 3.93. The highest BCUT2D eigenvalue weighted by molar-refractivity contribution is 5.80. The van der Waals surface area contributed by atoms with Gasteiger partial charge < -0.3 is 20.4 Å². The lowest BCUT2D eigenvalue weighted by Crippen LogP contribution is -2.44. The van der Waals surface area contributed by atoms with Crippen LogP contribution in [0.4, 0.5) is 0 Å². The van der Waals surface area contributed by atoms with Gasteiger partial charge in [-0.15, -0.1) is 0 Å². The molecule has 1 saturated carbocycles. The Bertz CT molecular complexity index is 224. The molecule has 0 spiro atoms. The molecule has 1 rings (SSSR count). The van der Waals surface area contributed by atoms with Crippen molar-refractivity contribution < 1.29 is 30.0 Å². The summed E-state index contributed by atoms with van der Waals surface area (Å²) in [6.45, 7) is 0. The number of carboxylic acids is 2. The minimum Gasteiger partial charge on any atom is -0.481 e. The van der Waals surface area contributed by atoms with Gasteiger partial charge in [-0.25, -0.2) is 0 Å². The molecule has 1 aliphatic rings. The first-order valence-electron chi connectivity index (χ1n) is 4.25. The Hall–Kier alpha value is -1.14. The maximum absolute atomic E-state index is 10.7. The van der Waals surface area contributed by atoms with Crippen LogP contribution in [0, 0.1) is 11.8 Å². The zero-order chi connectivity index (χ0) is 10.9. The van der Waals surface area contributed by atoms with Gasteiger partial charge >= 0.3 is 11.9 Å². The Morgan fingerprint density at radius 3 is 1.36 bits per heavy atom. The summed E-state index contributed by atoms with van der Waals surface area (Å²) in [5.74, 6) is -4.73. The number of hydrogen-bond acceptors (Lipinski definition) is 4. The van der Waals surface area contributed by atoms with Gasteiger partial charge in [0, 0.05) is 0 Å². The predicted molar refractivity (Wildman–Crippen MR) is 43.5 cm³/mol. The van der Waals surface area contributed by atoms with Gasteiger partial charge in [0.15, 0.2) is 0 Å². The monoisotopic (exact) mass is 204 g/mol. The van der Waals surface area contributed by atoms with E-state index in [-0.39, 0.29) is 12.8 Å². The second-order valence-corrected chi connectivity index (χ2v) is 3.50. The molecule has 14 heavy (non-hydrogen) atoms. The van der Waals surface area contributed by atoms with Crippen LogP contribution in [0.3, 0.4) is 0 Å². The zero-order valence-corrected chi connectivity index (χ0v) is 7.33. The number of carboxylic acid groups (broad SMARTS) is 2. The molecule has 0 aliphatic heterocycles. The SMILES string of the molecule is O=C(O)[C@@H]1CC(O)C(O)C[C@H]1C(=O)O. The third-order valence-corrected chi connectivity index (χ3v) is 2.56. The molecule has 0 aromatic heterocycles. The first-order valence-corrected chi connectivity index (χ1v) is 4.25. The van der Waals surface area contributed by atoms with Crippen molar-refractivity contribution in [3.05, 3.63) is 0 Å². The first kappa shape index (κ1) is 10.9. The Kier molecular flexibility index (Phi) is 3.07. The van der Waals surface area contributed by atoms with Crippen molar-refractivity contribution in [3.8, 4) is 0 Å². The largest absolute Gasteiger partial charge is 0.481 e. The number of aliphatic hydroxyl groups excluding tert-OH is 2. The van der Waals surface area contributed by atoms with Gasteiger partial charge in [-0.3, -0.25) is 9.59 Å². The molecule has 1 fully saturated rings. The van der Waals surface area contributed by atoms with Crippen LogP contribution in [0.2, 0.25) is 0 Å². The van der Waals surface area contributed by atoms with Crippen molar-refractivity contribution in [2.24, 2.45) is 11.8 Å². The van der Waals surface area contributed by atoms with Gasteiger partial charge in [0.05, 0.1) is 24.0 Å². The molecule has 6 nitrogen and oxygen atoms in total. The average molecular weight is 204 g/mol. The number of rotatable bonds is 2. The summed E-state index contributed by atoms with van der Waals surface area (Å²) < 4.78 is 0. The second-order valence-electron chi connectivity index (χ2n) is 3.50. The van der Waals surface area contributed by atoms with Crippen LogP contribution in [0.25, 0.3) is 0 Å². The number of hydrogen-bond donors (Lipinski definition) is 4. The predicted octanol–water partition coefficient (Wildman–Crippen LogP) is -1.10. The van der Waals surface area contributed by atoms with Crippen LogP contribution in [0.15, 0.2) is 0 Å². The summed E-state index contributed by atoms with van der Waals surface area (Å²) >= 11 is 0. The van der Waals surface area contributed by atoms with E-state index in [9.17, 15) is 19.8 Å². The normalized spacial score (nSPS) is 37.9. The van der Waals surface area contributed by atoms with E-state index in [1.54, 1.807) is 0 Å². The number of carbonyl (C=O) groups is 2. The van der Waals surface area contributed by atoms with Crippen molar-refractivity contribution in [2.75, 3.05) is 0 Å². The van der Waals surface area contributed by atoms with Gasteiger partial charge in [0.1, 0.15) is 0 Å². The third-order valence-electron chi connectivity index (χ3n) is 2.56. The van der Waals surface area contributed by atoms with Crippen LogP contribution in [0.1, 0.15) is 12.8 Å². The van der Waals surface area contributed by atoms with Gasteiger partial charge in [-0.2, -0.15) is 0 Å². The van der Waals surface area contributed by atoms with Crippen LogP contribution >= 0.6 is 0 Å². The maximum Gasteiger partial charge on any atom is 0.307 e. The standard InChI is InChI=1S/C8H12O6/c9-5-1-3(7(11)12)4(8(13)14)2-6(5)10/h3-6,9-10H,1-2H2,(H,11,12)(H,13,14)/t3-,4-,5?,6?/m1/s1. The van der Waals surface area contributed by atoms with Gasteiger partial charge in [0.25, 0.3) is 0 Å². The summed E-state index contributed by atoms with van der Waals surface area (Å²) in [7, 11) is 0. The van der Waals surface area contributed by atoms with E-state index < -0.39 is 36.0 Å². The fraction of sp³-hybridized carbons (Fsp3) is 0.750. The molecule has 1 aliphatic carbocycles. The van der Waals surface area contributed by atoms with E-state index >= 15 is 0 Å². The minimum atomic E-state index is -1.25. The van der Waals surface area contributed by atoms with E-state index in [0.717, 1.165) is 0 Å². The molecule has 6 heteroatoms. The average Bonchev–Trinajstić information content (AvgIpc) is 2.08. The Morgan fingerprint density at radius 1 is 0.857 bits per heavy atom. The summed E-state index contributed by atoms with van der Waals surface area (Å²) in [5, 5.41) is 35.8. The molecule has 0 amide bonds. The molecule has 0 bridgehead atoms. The topological polar surface area (TPSA) is 115 Å². The van der Waals surface area contributed by atoms with Crippen LogP contribution in [-0.4, -0.2) is 44.6 Å². The van der Waals surface area contributed by atoms with Crippen LogP contribution in [0.5, 0.6) is 0 Å². The lowest BCUT2D eigenvalue weighted by atomic mass is 9.76. The first-order chi connectivity index (χ1) is 6.43. The molecule has 4 N–H and O–H groups in total. The van der Waals surface area contributed by atoms with Crippen molar-refractivity contribution in [3.63, 3.8) is 0 Å². The fourth-order valence-corrected chi connectivity index (χ4v) is 1.71. The molecule has 4 atom stereocenters.